The monoisotopic (exact) mass is 187 g/mol. The van der Waals surface area contributed by atoms with Crippen LogP contribution < -0.4 is 11.1 Å². The van der Waals surface area contributed by atoms with Crippen molar-refractivity contribution < 1.29 is 5.11 Å². The predicted octanol–water partition coefficient (Wildman–Crippen LogP) is 0.318. The number of aliphatic imine (C=N–C) groups is 1. The third kappa shape index (κ3) is 6.40. The van der Waals surface area contributed by atoms with Crippen LogP contribution in [0.4, 0.5) is 0 Å². The van der Waals surface area contributed by atoms with Crippen molar-refractivity contribution >= 4 is 5.96 Å². The van der Waals surface area contributed by atoms with Crippen molar-refractivity contribution in [3.63, 3.8) is 0 Å². The topological polar surface area (TPSA) is 70.6 Å². The second-order valence-electron chi connectivity index (χ2n) is 3.55. The van der Waals surface area contributed by atoms with Crippen LogP contribution in [0.1, 0.15) is 27.2 Å². The molecule has 1 unspecified atom stereocenters. The Hall–Kier alpha value is -0.770. The summed E-state index contributed by atoms with van der Waals surface area (Å²) in [6.07, 6.45) is 0.842. The number of aliphatic hydroxyl groups is 1. The number of aliphatic hydroxyl groups excluding tert-OH is 1. The fraction of sp³-hybridized carbons (Fsp3) is 0.889. The predicted molar refractivity (Wildman–Crippen MR) is 55.6 cm³/mol. The third-order valence-electron chi connectivity index (χ3n) is 1.69. The van der Waals surface area contributed by atoms with Crippen LogP contribution in [0.2, 0.25) is 0 Å². The molecule has 0 spiro atoms. The maximum absolute atomic E-state index is 8.88. The molecule has 0 amide bonds. The fourth-order valence-corrected chi connectivity index (χ4v) is 0.813. The van der Waals surface area contributed by atoms with Crippen LogP contribution in [0.3, 0.4) is 0 Å². The van der Waals surface area contributed by atoms with E-state index in [9.17, 15) is 0 Å². The summed E-state index contributed by atoms with van der Waals surface area (Å²) in [5.74, 6) is 0.934. The van der Waals surface area contributed by atoms with Crippen LogP contribution in [0.5, 0.6) is 0 Å². The van der Waals surface area contributed by atoms with Crippen molar-refractivity contribution in [2.75, 3.05) is 13.2 Å². The molecule has 0 saturated carbocycles. The van der Waals surface area contributed by atoms with E-state index in [0.29, 0.717) is 11.9 Å². The molecule has 0 aromatic heterocycles. The van der Waals surface area contributed by atoms with Gasteiger partial charge in [0.1, 0.15) is 0 Å². The van der Waals surface area contributed by atoms with Crippen molar-refractivity contribution in [2.24, 2.45) is 16.6 Å². The zero-order valence-electron chi connectivity index (χ0n) is 8.75. The molecule has 0 aromatic carbocycles. The van der Waals surface area contributed by atoms with Crippen LogP contribution in [-0.2, 0) is 0 Å². The number of nitrogens with two attached hydrogens (primary N) is 1. The quantitative estimate of drug-likeness (QED) is 0.429. The smallest absolute Gasteiger partial charge is 0.188 e. The van der Waals surface area contributed by atoms with E-state index < -0.39 is 0 Å². The number of rotatable bonds is 5. The van der Waals surface area contributed by atoms with Gasteiger partial charge < -0.3 is 16.2 Å². The van der Waals surface area contributed by atoms with Crippen molar-refractivity contribution in [3.05, 3.63) is 0 Å². The molecule has 4 N–H and O–H groups in total. The molecule has 0 bridgehead atoms. The number of nitrogens with one attached hydrogen (secondary N) is 1. The third-order valence-corrected chi connectivity index (χ3v) is 1.69. The van der Waals surface area contributed by atoms with Crippen molar-refractivity contribution in [1.82, 2.24) is 5.32 Å². The summed E-state index contributed by atoms with van der Waals surface area (Å²) < 4.78 is 0. The average molecular weight is 187 g/mol. The summed E-state index contributed by atoms with van der Waals surface area (Å²) in [4.78, 5) is 4.13. The highest BCUT2D eigenvalue weighted by Crippen LogP contribution is 1.92. The molecule has 4 nitrogen and oxygen atoms in total. The SMILES string of the molecule is CCC(CO)NC(N)=NCC(C)C. The summed E-state index contributed by atoms with van der Waals surface area (Å²) >= 11 is 0. The zero-order chi connectivity index (χ0) is 10.3. The molecular formula is C9H21N3O. The first-order chi connectivity index (χ1) is 6.10. The Morgan fingerprint density at radius 1 is 1.54 bits per heavy atom. The summed E-state index contributed by atoms with van der Waals surface area (Å²) in [7, 11) is 0. The lowest BCUT2D eigenvalue weighted by molar-refractivity contribution is 0.252. The molecule has 13 heavy (non-hydrogen) atoms. The average Bonchev–Trinajstić information content (AvgIpc) is 2.10. The van der Waals surface area contributed by atoms with E-state index >= 15 is 0 Å². The van der Waals surface area contributed by atoms with Gasteiger partial charge in [0, 0.05) is 6.54 Å². The Labute approximate surface area is 80.2 Å². The highest BCUT2D eigenvalue weighted by atomic mass is 16.3. The van der Waals surface area contributed by atoms with Gasteiger partial charge in [0.2, 0.25) is 0 Å². The number of nitrogens with zero attached hydrogens (tertiary/aromatic N) is 1. The van der Waals surface area contributed by atoms with Gasteiger partial charge in [-0.2, -0.15) is 0 Å². The van der Waals surface area contributed by atoms with Crippen LogP contribution in [0.15, 0.2) is 4.99 Å². The standard InChI is InChI=1S/C9H21N3O/c1-4-8(6-13)12-9(10)11-5-7(2)3/h7-8,13H,4-6H2,1-3H3,(H3,10,11,12). The largest absolute Gasteiger partial charge is 0.394 e. The lowest BCUT2D eigenvalue weighted by Crippen LogP contribution is -2.41. The molecule has 4 heteroatoms. The first-order valence-electron chi connectivity index (χ1n) is 4.77. The molecule has 0 heterocycles. The summed E-state index contributed by atoms with van der Waals surface area (Å²) in [6, 6.07) is 0.0240. The Morgan fingerprint density at radius 2 is 2.15 bits per heavy atom. The molecule has 1 atom stereocenters. The molecule has 0 aliphatic rings. The molecule has 0 fully saturated rings. The summed E-state index contributed by atoms with van der Waals surface area (Å²) in [5, 5.41) is 11.8. The van der Waals surface area contributed by atoms with Crippen LogP contribution in [-0.4, -0.2) is 30.3 Å². The van der Waals surface area contributed by atoms with Gasteiger partial charge in [-0.25, -0.2) is 0 Å². The van der Waals surface area contributed by atoms with Gasteiger partial charge in [-0.3, -0.25) is 4.99 Å². The molecule has 0 aliphatic carbocycles. The number of hydrogen-bond donors (Lipinski definition) is 3. The molecule has 0 aromatic rings. The molecule has 0 saturated heterocycles. The molecule has 78 valence electrons. The highest BCUT2D eigenvalue weighted by molar-refractivity contribution is 5.78. The van der Waals surface area contributed by atoms with Crippen LogP contribution in [0.25, 0.3) is 0 Å². The van der Waals surface area contributed by atoms with E-state index in [1.54, 1.807) is 0 Å². The highest BCUT2D eigenvalue weighted by Gasteiger charge is 2.03. The molecular weight excluding hydrogens is 166 g/mol. The van der Waals surface area contributed by atoms with E-state index in [-0.39, 0.29) is 12.6 Å². The van der Waals surface area contributed by atoms with Crippen molar-refractivity contribution in [2.45, 2.75) is 33.2 Å². The molecule has 0 aliphatic heterocycles. The number of guanidine groups is 1. The molecule has 0 rings (SSSR count). The maximum atomic E-state index is 8.88. The number of hydrogen-bond acceptors (Lipinski definition) is 2. The van der Waals surface area contributed by atoms with Crippen molar-refractivity contribution in [1.29, 1.82) is 0 Å². The van der Waals surface area contributed by atoms with Gasteiger partial charge in [-0.1, -0.05) is 20.8 Å². The Morgan fingerprint density at radius 3 is 2.54 bits per heavy atom. The lowest BCUT2D eigenvalue weighted by atomic mass is 10.2. The van der Waals surface area contributed by atoms with E-state index in [2.05, 4.69) is 24.2 Å². The van der Waals surface area contributed by atoms with Gasteiger partial charge in [0.15, 0.2) is 5.96 Å². The zero-order valence-corrected chi connectivity index (χ0v) is 8.75. The van der Waals surface area contributed by atoms with E-state index in [4.69, 9.17) is 10.8 Å². The normalized spacial score (nSPS) is 14.7. The molecule has 0 radical (unpaired) electrons. The van der Waals surface area contributed by atoms with Crippen molar-refractivity contribution in [3.8, 4) is 0 Å². The first-order valence-corrected chi connectivity index (χ1v) is 4.77. The Kier molecular flexibility index (Phi) is 6.32. The maximum Gasteiger partial charge on any atom is 0.188 e. The van der Waals surface area contributed by atoms with Gasteiger partial charge in [0.05, 0.1) is 12.6 Å². The fourth-order valence-electron chi connectivity index (χ4n) is 0.813. The van der Waals surface area contributed by atoms with Crippen LogP contribution >= 0.6 is 0 Å². The van der Waals surface area contributed by atoms with Crippen LogP contribution in [0, 0.1) is 5.92 Å². The minimum absolute atomic E-state index is 0.0240. The minimum Gasteiger partial charge on any atom is -0.394 e. The second kappa shape index (κ2) is 6.71. The Balaban J connectivity index is 3.82. The van der Waals surface area contributed by atoms with E-state index in [0.717, 1.165) is 13.0 Å². The summed E-state index contributed by atoms with van der Waals surface area (Å²) in [6.45, 7) is 6.97. The van der Waals surface area contributed by atoms with Gasteiger partial charge in [-0.15, -0.1) is 0 Å². The van der Waals surface area contributed by atoms with E-state index in [1.807, 2.05) is 6.92 Å². The first kappa shape index (κ1) is 12.2. The second-order valence-corrected chi connectivity index (χ2v) is 3.55. The van der Waals surface area contributed by atoms with Gasteiger partial charge in [-0.05, 0) is 12.3 Å². The lowest BCUT2D eigenvalue weighted by Gasteiger charge is -2.14. The Bertz CT molecular complexity index is 153. The van der Waals surface area contributed by atoms with Gasteiger partial charge >= 0.3 is 0 Å². The summed E-state index contributed by atoms with van der Waals surface area (Å²) in [5.41, 5.74) is 5.60. The van der Waals surface area contributed by atoms with Gasteiger partial charge in [0.25, 0.3) is 0 Å². The minimum atomic E-state index is 0.0240. The van der Waals surface area contributed by atoms with E-state index in [1.165, 1.54) is 0 Å².